The number of rotatable bonds is 5. The van der Waals surface area contributed by atoms with Gasteiger partial charge in [0.25, 0.3) is 5.91 Å². The molecule has 0 N–H and O–H groups in total. The minimum atomic E-state index is -0.00262. The van der Waals surface area contributed by atoms with Crippen LogP contribution < -0.4 is 0 Å². The first-order valence-corrected chi connectivity index (χ1v) is 11.7. The van der Waals surface area contributed by atoms with Crippen LogP contribution in [-0.2, 0) is 4.79 Å². The van der Waals surface area contributed by atoms with Gasteiger partial charge in [0.2, 0.25) is 5.91 Å². The predicted molar refractivity (Wildman–Crippen MR) is 119 cm³/mol. The molecule has 31 heavy (non-hydrogen) atoms. The average Bonchev–Trinajstić information content (AvgIpc) is 3.23. The Morgan fingerprint density at radius 3 is 2.48 bits per heavy atom. The number of carbonyl (C=O) groups excluding carboxylic acids is 2. The lowest BCUT2D eigenvalue weighted by Crippen LogP contribution is -2.51. The highest BCUT2D eigenvalue weighted by Crippen LogP contribution is 2.31. The zero-order valence-corrected chi connectivity index (χ0v) is 18.8. The highest BCUT2D eigenvalue weighted by molar-refractivity contribution is 5.92. The first-order valence-electron chi connectivity index (χ1n) is 11.7. The van der Waals surface area contributed by atoms with Gasteiger partial charge in [-0.05, 0) is 51.9 Å². The van der Waals surface area contributed by atoms with Gasteiger partial charge >= 0.3 is 0 Å². The quantitative estimate of drug-likeness (QED) is 0.722. The van der Waals surface area contributed by atoms with Crippen molar-refractivity contribution in [3.05, 3.63) is 23.8 Å². The second kappa shape index (κ2) is 9.75. The number of hydrogen-bond acceptors (Lipinski definition) is 6. The molecular weight excluding hydrogens is 392 g/mol. The van der Waals surface area contributed by atoms with Crippen LogP contribution in [0.2, 0.25) is 0 Å². The van der Waals surface area contributed by atoms with Gasteiger partial charge in [0.05, 0.1) is 11.9 Å². The van der Waals surface area contributed by atoms with Crippen molar-refractivity contribution in [2.75, 3.05) is 32.7 Å². The van der Waals surface area contributed by atoms with E-state index in [0.29, 0.717) is 24.6 Å². The van der Waals surface area contributed by atoms with Crippen LogP contribution in [0.15, 0.2) is 17.5 Å². The zero-order chi connectivity index (χ0) is 21.8. The highest BCUT2D eigenvalue weighted by Gasteiger charge is 2.36. The SMILES string of the molecule is CC1=NN(CCC(=O)N2CCC(C3CCCCN3C(=O)c3cnc(C)cn3)CC2)CC1. The molecule has 0 radical (unpaired) electrons. The van der Waals surface area contributed by atoms with Crippen molar-refractivity contribution in [3.63, 3.8) is 0 Å². The van der Waals surface area contributed by atoms with E-state index in [1.54, 1.807) is 12.4 Å². The maximum atomic E-state index is 13.1. The first kappa shape index (κ1) is 21.7. The Balaban J connectivity index is 1.30. The number of hydrogen-bond donors (Lipinski definition) is 0. The van der Waals surface area contributed by atoms with Crippen LogP contribution in [0, 0.1) is 12.8 Å². The van der Waals surface area contributed by atoms with E-state index in [0.717, 1.165) is 76.1 Å². The second-order valence-corrected chi connectivity index (χ2v) is 9.11. The minimum Gasteiger partial charge on any atom is -0.343 e. The molecule has 1 aromatic heterocycles. The van der Waals surface area contributed by atoms with Gasteiger partial charge in [-0.25, -0.2) is 4.98 Å². The van der Waals surface area contributed by atoms with E-state index in [-0.39, 0.29) is 17.9 Å². The second-order valence-electron chi connectivity index (χ2n) is 9.11. The normalized spacial score (nSPS) is 22.6. The molecule has 2 saturated heterocycles. The molecule has 3 aliphatic heterocycles. The Morgan fingerprint density at radius 1 is 1.00 bits per heavy atom. The first-order chi connectivity index (χ1) is 15.0. The molecule has 0 aliphatic carbocycles. The average molecular weight is 427 g/mol. The highest BCUT2D eigenvalue weighted by atomic mass is 16.2. The third-order valence-corrected chi connectivity index (χ3v) is 6.87. The molecule has 3 aliphatic rings. The fourth-order valence-electron chi connectivity index (χ4n) is 5.06. The summed E-state index contributed by atoms with van der Waals surface area (Å²) in [5, 5.41) is 6.48. The summed E-state index contributed by atoms with van der Waals surface area (Å²) in [4.78, 5) is 38.4. The van der Waals surface area contributed by atoms with E-state index in [9.17, 15) is 9.59 Å². The van der Waals surface area contributed by atoms with Crippen molar-refractivity contribution in [1.29, 1.82) is 0 Å². The smallest absolute Gasteiger partial charge is 0.274 e. The van der Waals surface area contributed by atoms with Crippen molar-refractivity contribution in [1.82, 2.24) is 24.8 Å². The van der Waals surface area contributed by atoms with Gasteiger partial charge < -0.3 is 9.80 Å². The maximum Gasteiger partial charge on any atom is 0.274 e. The molecule has 1 atom stereocenters. The van der Waals surface area contributed by atoms with E-state index in [4.69, 9.17) is 0 Å². The van der Waals surface area contributed by atoms with E-state index in [1.165, 1.54) is 0 Å². The Labute approximate surface area is 184 Å². The molecule has 0 bridgehead atoms. The number of amides is 2. The van der Waals surface area contributed by atoms with Gasteiger partial charge in [-0.1, -0.05) is 0 Å². The minimum absolute atomic E-state index is 0.00262. The molecule has 2 amide bonds. The summed E-state index contributed by atoms with van der Waals surface area (Å²) in [6.07, 6.45) is 9.94. The third-order valence-electron chi connectivity index (χ3n) is 6.87. The Morgan fingerprint density at radius 2 is 1.81 bits per heavy atom. The van der Waals surface area contributed by atoms with Crippen LogP contribution in [0.5, 0.6) is 0 Å². The summed E-state index contributed by atoms with van der Waals surface area (Å²) in [6, 6.07) is 0.239. The molecule has 0 saturated carbocycles. The summed E-state index contributed by atoms with van der Waals surface area (Å²) in [7, 11) is 0. The van der Waals surface area contributed by atoms with Gasteiger partial charge in [-0.15, -0.1) is 0 Å². The molecule has 4 heterocycles. The van der Waals surface area contributed by atoms with Gasteiger partial charge in [0.15, 0.2) is 0 Å². The standard InChI is InChI=1S/C23H34N6O2/c1-17-6-13-28(26-17)14-9-22(30)27-11-7-19(8-12-27)21-5-3-4-10-29(21)23(31)20-16-24-18(2)15-25-20/h15-16,19,21H,3-14H2,1-2H3. The van der Waals surface area contributed by atoms with Gasteiger partial charge in [-0.2, -0.15) is 5.10 Å². The van der Waals surface area contributed by atoms with Crippen molar-refractivity contribution in [3.8, 4) is 0 Å². The molecule has 2 fully saturated rings. The van der Waals surface area contributed by atoms with Crippen LogP contribution in [-0.4, -0.2) is 81.1 Å². The summed E-state index contributed by atoms with van der Waals surface area (Å²) in [5.41, 5.74) is 2.40. The summed E-state index contributed by atoms with van der Waals surface area (Å²) >= 11 is 0. The lowest BCUT2D eigenvalue weighted by molar-refractivity contribution is -0.133. The van der Waals surface area contributed by atoms with Crippen LogP contribution in [0.4, 0.5) is 0 Å². The molecular formula is C23H34N6O2. The van der Waals surface area contributed by atoms with Crippen molar-refractivity contribution >= 4 is 17.5 Å². The van der Waals surface area contributed by atoms with Crippen LogP contribution in [0.3, 0.4) is 0 Å². The third kappa shape index (κ3) is 5.22. The van der Waals surface area contributed by atoms with Crippen LogP contribution in [0.25, 0.3) is 0 Å². The number of likely N-dealkylation sites (tertiary alicyclic amines) is 2. The molecule has 168 valence electrons. The monoisotopic (exact) mass is 426 g/mol. The zero-order valence-electron chi connectivity index (χ0n) is 18.8. The fourth-order valence-corrected chi connectivity index (χ4v) is 5.06. The summed E-state index contributed by atoms with van der Waals surface area (Å²) in [5.74, 6) is 0.666. The predicted octanol–water partition coefficient (Wildman–Crippen LogP) is 2.49. The van der Waals surface area contributed by atoms with E-state index in [1.807, 2.05) is 28.7 Å². The Bertz CT molecular complexity index is 816. The number of carbonyl (C=O) groups is 2. The molecule has 1 aromatic rings. The molecule has 0 aromatic carbocycles. The van der Waals surface area contributed by atoms with Gasteiger partial charge in [0, 0.05) is 63.5 Å². The van der Waals surface area contributed by atoms with Gasteiger partial charge in [0.1, 0.15) is 5.69 Å². The molecule has 1 unspecified atom stereocenters. The number of nitrogens with zero attached hydrogens (tertiary/aromatic N) is 6. The lowest BCUT2D eigenvalue weighted by Gasteiger charge is -2.43. The summed E-state index contributed by atoms with van der Waals surface area (Å²) < 4.78 is 0. The largest absolute Gasteiger partial charge is 0.343 e. The number of hydrazone groups is 1. The number of aryl methyl sites for hydroxylation is 1. The van der Waals surface area contributed by atoms with Crippen molar-refractivity contribution < 1.29 is 9.59 Å². The van der Waals surface area contributed by atoms with E-state index in [2.05, 4.69) is 15.1 Å². The van der Waals surface area contributed by atoms with Crippen molar-refractivity contribution in [2.45, 2.75) is 64.8 Å². The Hall–Kier alpha value is -2.51. The number of piperidine rings is 2. The van der Waals surface area contributed by atoms with Crippen molar-refractivity contribution in [2.24, 2.45) is 11.0 Å². The molecule has 0 spiro atoms. The van der Waals surface area contributed by atoms with Gasteiger partial charge in [-0.3, -0.25) is 19.6 Å². The van der Waals surface area contributed by atoms with E-state index >= 15 is 0 Å². The summed E-state index contributed by atoms with van der Waals surface area (Å²) in [6.45, 7) is 7.91. The fraction of sp³-hybridized carbons (Fsp3) is 0.696. The lowest BCUT2D eigenvalue weighted by atomic mass is 9.83. The van der Waals surface area contributed by atoms with E-state index < -0.39 is 0 Å². The number of aromatic nitrogens is 2. The molecule has 8 nitrogen and oxygen atoms in total. The maximum absolute atomic E-state index is 13.1. The molecule has 4 rings (SSSR count). The topological polar surface area (TPSA) is 82.0 Å². The Kier molecular flexibility index (Phi) is 6.83. The molecule has 8 heteroatoms. The van der Waals surface area contributed by atoms with Crippen LogP contribution >= 0.6 is 0 Å². The van der Waals surface area contributed by atoms with Crippen LogP contribution in [0.1, 0.15) is 68.1 Å².